The monoisotopic (exact) mass is 321 g/mol. The molecule has 5 nitrogen and oxygen atoms in total. The highest BCUT2D eigenvalue weighted by molar-refractivity contribution is 5.17. The van der Waals surface area contributed by atoms with Crippen LogP contribution in [0.5, 0.6) is 0 Å². The molecule has 0 spiro atoms. The largest absolute Gasteiger partial charge is 0.325 e. The molecule has 0 aliphatic heterocycles. The maximum atomic E-state index is 5.60. The van der Waals surface area contributed by atoms with E-state index < -0.39 is 0 Å². The fraction of sp³-hybridized carbons (Fsp3) is 0.263. The van der Waals surface area contributed by atoms with Crippen molar-refractivity contribution in [3.63, 3.8) is 0 Å². The molecular formula is C19H23N5. The van der Waals surface area contributed by atoms with Gasteiger partial charge in [-0.3, -0.25) is 9.58 Å². The van der Waals surface area contributed by atoms with Gasteiger partial charge in [0.2, 0.25) is 0 Å². The number of hydrogen-bond acceptors (Lipinski definition) is 4. The first-order chi connectivity index (χ1) is 11.8. The lowest BCUT2D eigenvalue weighted by Crippen LogP contribution is -2.27. The molecule has 2 aromatic carbocycles. The first-order valence-corrected chi connectivity index (χ1v) is 8.23. The van der Waals surface area contributed by atoms with E-state index in [-0.39, 0.29) is 0 Å². The van der Waals surface area contributed by atoms with Crippen LogP contribution in [0.3, 0.4) is 0 Å². The summed E-state index contributed by atoms with van der Waals surface area (Å²) in [5.41, 5.74) is 9.05. The minimum Gasteiger partial charge on any atom is -0.325 e. The third kappa shape index (κ3) is 4.75. The van der Waals surface area contributed by atoms with Crippen LogP contribution in [0.25, 0.3) is 0 Å². The Morgan fingerprint density at radius 3 is 1.96 bits per heavy atom. The lowest BCUT2D eigenvalue weighted by molar-refractivity contribution is 0.241. The molecule has 1 aromatic heterocycles. The molecule has 0 aliphatic rings. The second-order valence-electron chi connectivity index (χ2n) is 5.86. The van der Waals surface area contributed by atoms with Gasteiger partial charge in [0.15, 0.2) is 0 Å². The number of hydrogen-bond donors (Lipinski definition) is 1. The second kappa shape index (κ2) is 8.38. The Bertz CT molecular complexity index is 682. The maximum absolute atomic E-state index is 5.60. The molecule has 24 heavy (non-hydrogen) atoms. The summed E-state index contributed by atoms with van der Waals surface area (Å²) in [6.45, 7) is 3.95. The molecule has 0 saturated heterocycles. The number of nitrogens with two attached hydrogens (primary N) is 1. The van der Waals surface area contributed by atoms with Crippen LogP contribution < -0.4 is 5.73 Å². The molecule has 0 unspecified atom stereocenters. The summed E-state index contributed by atoms with van der Waals surface area (Å²) in [6, 6.07) is 21.1. The molecule has 0 bridgehead atoms. The molecular weight excluding hydrogens is 298 g/mol. The average molecular weight is 321 g/mol. The van der Waals surface area contributed by atoms with E-state index in [1.54, 1.807) is 0 Å². The predicted molar refractivity (Wildman–Crippen MR) is 94.9 cm³/mol. The van der Waals surface area contributed by atoms with Crippen LogP contribution >= 0.6 is 0 Å². The molecule has 0 aliphatic carbocycles. The van der Waals surface area contributed by atoms with E-state index in [0.29, 0.717) is 6.54 Å². The number of benzene rings is 2. The Morgan fingerprint density at radius 1 is 0.875 bits per heavy atom. The molecule has 124 valence electrons. The highest BCUT2D eigenvalue weighted by Crippen LogP contribution is 2.10. The van der Waals surface area contributed by atoms with E-state index in [2.05, 4.69) is 75.9 Å². The fourth-order valence-electron chi connectivity index (χ4n) is 2.68. The van der Waals surface area contributed by atoms with Crippen molar-refractivity contribution >= 4 is 0 Å². The van der Waals surface area contributed by atoms with Gasteiger partial charge in [0.25, 0.3) is 0 Å². The first-order valence-electron chi connectivity index (χ1n) is 8.23. The lowest BCUT2D eigenvalue weighted by Gasteiger charge is -2.22. The SMILES string of the molecule is NCc1cn(CCN(Cc2ccccc2)Cc2ccccc2)nn1. The Labute approximate surface area is 142 Å². The molecule has 3 rings (SSSR count). The number of rotatable bonds is 8. The van der Waals surface area contributed by atoms with E-state index >= 15 is 0 Å². The van der Waals surface area contributed by atoms with Gasteiger partial charge in [-0.1, -0.05) is 65.9 Å². The quantitative estimate of drug-likeness (QED) is 0.692. The van der Waals surface area contributed by atoms with Gasteiger partial charge in [-0.25, -0.2) is 0 Å². The van der Waals surface area contributed by atoms with Crippen LogP contribution in [0.2, 0.25) is 0 Å². The molecule has 0 saturated carbocycles. The summed E-state index contributed by atoms with van der Waals surface area (Å²) >= 11 is 0. The van der Waals surface area contributed by atoms with E-state index in [1.165, 1.54) is 11.1 Å². The van der Waals surface area contributed by atoms with Crippen LogP contribution in [0.1, 0.15) is 16.8 Å². The highest BCUT2D eigenvalue weighted by atomic mass is 15.4. The van der Waals surface area contributed by atoms with Gasteiger partial charge in [-0.2, -0.15) is 0 Å². The smallest absolute Gasteiger partial charge is 0.0962 e. The zero-order chi connectivity index (χ0) is 16.6. The summed E-state index contributed by atoms with van der Waals surface area (Å²) < 4.78 is 1.87. The molecule has 0 atom stereocenters. The van der Waals surface area contributed by atoms with Gasteiger partial charge in [-0.05, 0) is 11.1 Å². The van der Waals surface area contributed by atoms with E-state index in [0.717, 1.165) is 31.9 Å². The topological polar surface area (TPSA) is 60.0 Å². The standard InChI is InChI=1S/C19H23N5/c20-13-19-16-24(22-21-19)12-11-23(14-17-7-3-1-4-8-17)15-18-9-5-2-6-10-18/h1-10,16H,11-15,20H2. The van der Waals surface area contributed by atoms with E-state index in [9.17, 15) is 0 Å². The van der Waals surface area contributed by atoms with Crippen LogP contribution in [-0.4, -0.2) is 26.4 Å². The average Bonchev–Trinajstić information content (AvgIpc) is 3.10. The molecule has 0 fully saturated rings. The zero-order valence-electron chi connectivity index (χ0n) is 13.8. The van der Waals surface area contributed by atoms with Crippen molar-refractivity contribution in [3.8, 4) is 0 Å². The van der Waals surface area contributed by atoms with Crippen LogP contribution in [0.15, 0.2) is 66.9 Å². The Morgan fingerprint density at radius 2 is 1.46 bits per heavy atom. The number of nitrogens with zero attached hydrogens (tertiary/aromatic N) is 4. The van der Waals surface area contributed by atoms with Gasteiger partial charge in [0, 0.05) is 32.4 Å². The summed E-state index contributed by atoms with van der Waals surface area (Å²) in [4.78, 5) is 2.43. The highest BCUT2D eigenvalue weighted by Gasteiger charge is 2.08. The van der Waals surface area contributed by atoms with Crippen molar-refractivity contribution in [2.45, 2.75) is 26.2 Å². The van der Waals surface area contributed by atoms with Crippen molar-refractivity contribution < 1.29 is 0 Å². The maximum Gasteiger partial charge on any atom is 0.0962 e. The number of aromatic nitrogens is 3. The van der Waals surface area contributed by atoms with Gasteiger partial charge < -0.3 is 5.73 Å². The Balaban J connectivity index is 1.66. The summed E-state index contributed by atoms with van der Waals surface area (Å²) in [5, 5.41) is 8.18. The van der Waals surface area contributed by atoms with E-state index in [4.69, 9.17) is 5.73 Å². The molecule has 5 heteroatoms. The minimum absolute atomic E-state index is 0.428. The van der Waals surface area contributed by atoms with Crippen LogP contribution in [0, 0.1) is 0 Å². The summed E-state index contributed by atoms with van der Waals surface area (Å²) in [6.07, 6.45) is 1.92. The minimum atomic E-state index is 0.428. The third-order valence-electron chi connectivity index (χ3n) is 3.94. The zero-order valence-corrected chi connectivity index (χ0v) is 13.8. The van der Waals surface area contributed by atoms with Crippen LogP contribution in [0.4, 0.5) is 0 Å². The van der Waals surface area contributed by atoms with Crippen molar-refractivity contribution in [1.82, 2.24) is 19.9 Å². The lowest BCUT2D eigenvalue weighted by atomic mass is 10.1. The Hall–Kier alpha value is -2.50. The van der Waals surface area contributed by atoms with E-state index in [1.807, 2.05) is 10.9 Å². The van der Waals surface area contributed by atoms with Crippen molar-refractivity contribution in [1.29, 1.82) is 0 Å². The van der Waals surface area contributed by atoms with Gasteiger partial charge in [0.05, 0.1) is 12.2 Å². The molecule has 3 aromatic rings. The van der Waals surface area contributed by atoms with Crippen molar-refractivity contribution in [3.05, 3.63) is 83.7 Å². The normalized spacial score (nSPS) is 11.1. The second-order valence-corrected chi connectivity index (χ2v) is 5.86. The summed E-state index contributed by atoms with van der Waals surface area (Å²) in [7, 11) is 0. The predicted octanol–water partition coefficient (Wildman–Crippen LogP) is 2.44. The summed E-state index contributed by atoms with van der Waals surface area (Å²) in [5.74, 6) is 0. The first kappa shape index (κ1) is 16.4. The van der Waals surface area contributed by atoms with Crippen molar-refractivity contribution in [2.75, 3.05) is 6.54 Å². The third-order valence-corrected chi connectivity index (χ3v) is 3.94. The Kier molecular flexibility index (Phi) is 5.71. The van der Waals surface area contributed by atoms with Gasteiger partial charge in [0.1, 0.15) is 0 Å². The van der Waals surface area contributed by atoms with Crippen molar-refractivity contribution in [2.24, 2.45) is 5.73 Å². The van der Waals surface area contributed by atoms with Gasteiger partial charge >= 0.3 is 0 Å². The molecule has 0 amide bonds. The molecule has 0 radical (unpaired) electrons. The molecule has 2 N–H and O–H groups in total. The fourth-order valence-corrected chi connectivity index (χ4v) is 2.68. The molecule has 1 heterocycles. The van der Waals surface area contributed by atoms with Gasteiger partial charge in [-0.15, -0.1) is 5.10 Å². The van der Waals surface area contributed by atoms with Crippen LogP contribution in [-0.2, 0) is 26.2 Å².